The molecular formula is C61H41NOS. The van der Waals surface area contributed by atoms with E-state index in [0.29, 0.717) is 0 Å². The van der Waals surface area contributed by atoms with Gasteiger partial charge in [-0.05, 0) is 109 Å². The fourth-order valence-corrected chi connectivity index (χ4v) is 11.7. The minimum absolute atomic E-state index is 0.148. The van der Waals surface area contributed by atoms with Gasteiger partial charge in [0.05, 0.1) is 5.69 Å². The van der Waals surface area contributed by atoms with E-state index in [9.17, 15) is 0 Å². The van der Waals surface area contributed by atoms with Gasteiger partial charge in [0.25, 0.3) is 0 Å². The molecule has 1 aliphatic rings. The normalized spacial score (nSPS) is 13.0. The molecule has 0 aliphatic heterocycles. The quantitative estimate of drug-likeness (QED) is 0.166. The smallest absolute Gasteiger partial charge is 0.137 e. The van der Waals surface area contributed by atoms with Gasteiger partial charge in [-0.1, -0.05) is 172 Å². The van der Waals surface area contributed by atoms with Gasteiger partial charge in [-0.15, -0.1) is 11.3 Å². The minimum Gasteiger partial charge on any atom is -0.456 e. The van der Waals surface area contributed by atoms with Crippen LogP contribution in [0.1, 0.15) is 25.0 Å². The van der Waals surface area contributed by atoms with Crippen LogP contribution in [0.4, 0.5) is 17.1 Å². The number of fused-ring (bicyclic) bond motifs is 11. The lowest BCUT2D eigenvalue weighted by atomic mass is 9.81. The van der Waals surface area contributed by atoms with Crippen LogP contribution < -0.4 is 4.90 Å². The lowest BCUT2D eigenvalue weighted by Crippen LogP contribution is -2.15. The van der Waals surface area contributed by atoms with E-state index in [1.807, 2.05) is 11.3 Å². The van der Waals surface area contributed by atoms with Crippen LogP contribution in [0.15, 0.2) is 217 Å². The predicted molar refractivity (Wildman–Crippen MR) is 273 cm³/mol. The Morgan fingerprint density at radius 3 is 1.88 bits per heavy atom. The van der Waals surface area contributed by atoms with Gasteiger partial charge >= 0.3 is 0 Å². The highest BCUT2D eigenvalue weighted by atomic mass is 32.1. The third kappa shape index (κ3) is 5.64. The maximum absolute atomic E-state index is 6.86. The summed E-state index contributed by atoms with van der Waals surface area (Å²) in [6.07, 6.45) is 0. The fraction of sp³-hybridized carbons (Fsp3) is 0.0492. The lowest BCUT2D eigenvalue weighted by Gasteiger charge is -2.29. The standard InChI is InChI=1S/C61H41NOS/c1-61(2)53-21-10-8-17-47(53)48-33-27-42(35-54(48)61)51-36-52-57(63-56-34-28-40-15-6-7-16-45(40)59(52)56)37-55(51)62(43-29-23-39(24-30-43)38-13-4-3-5-14-38)44-31-25-41(26-32-44)46-19-12-20-50-49-18-9-11-22-58(49)64-60(46)50/h3-37H,1-2H3. The number of benzene rings is 10. The van der Waals surface area contributed by atoms with E-state index in [-0.39, 0.29) is 5.41 Å². The summed E-state index contributed by atoms with van der Waals surface area (Å²) in [5, 5.41) is 7.27. The number of nitrogens with zero attached hydrogens (tertiary/aromatic N) is 1. The summed E-state index contributed by atoms with van der Waals surface area (Å²) in [5.41, 5.74) is 17.3. The number of anilines is 3. The van der Waals surface area contributed by atoms with Crippen molar-refractivity contribution in [3.8, 4) is 44.5 Å². The van der Waals surface area contributed by atoms with Gasteiger partial charge in [-0.2, -0.15) is 0 Å². The first kappa shape index (κ1) is 36.9. The van der Waals surface area contributed by atoms with E-state index < -0.39 is 0 Å². The summed E-state index contributed by atoms with van der Waals surface area (Å²) in [6.45, 7) is 4.73. The first-order chi connectivity index (χ1) is 31.5. The van der Waals surface area contributed by atoms with Gasteiger partial charge in [-0.25, -0.2) is 0 Å². The maximum atomic E-state index is 6.86. The van der Waals surface area contributed by atoms with Crippen molar-refractivity contribution in [1.29, 1.82) is 0 Å². The highest BCUT2D eigenvalue weighted by Crippen LogP contribution is 2.52. The van der Waals surface area contributed by atoms with Gasteiger partial charge in [-0.3, -0.25) is 0 Å². The highest BCUT2D eigenvalue weighted by molar-refractivity contribution is 7.26. The Kier molecular flexibility index (Phi) is 8.16. The monoisotopic (exact) mass is 835 g/mol. The van der Waals surface area contributed by atoms with E-state index in [1.54, 1.807) is 0 Å². The predicted octanol–water partition coefficient (Wildman–Crippen LogP) is 17.9. The number of hydrogen-bond acceptors (Lipinski definition) is 3. The van der Waals surface area contributed by atoms with E-state index in [2.05, 4.69) is 231 Å². The third-order valence-corrected chi connectivity index (χ3v) is 14.9. The summed E-state index contributed by atoms with van der Waals surface area (Å²) in [6, 6.07) is 77.9. The molecule has 64 heavy (non-hydrogen) atoms. The molecule has 12 aromatic rings. The molecular weight excluding hydrogens is 795 g/mol. The number of thiophene rings is 1. The van der Waals surface area contributed by atoms with Crippen molar-refractivity contribution in [2.45, 2.75) is 19.3 Å². The zero-order chi connectivity index (χ0) is 42.5. The largest absolute Gasteiger partial charge is 0.456 e. The molecule has 2 aromatic heterocycles. The Labute approximate surface area is 375 Å². The van der Waals surface area contributed by atoms with Gasteiger partial charge in [0, 0.05) is 59.4 Å². The first-order valence-corrected chi connectivity index (χ1v) is 22.9. The number of furan rings is 1. The van der Waals surface area contributed by atoms with Crippen molar-refractivity contribution in [1.82, 2.24) is 0 Å². The molecule has 0 amide bonds. The molecule has 0 unspecified atom stereocenters. The molecule has 0 saturated heterocycles. The molecule has 0 spiro atoms. The van der Waals surface area contributed by atoms with Crippen molar-refractivity contribution < 1.29 is 4.42 Å². The molecule has 0 saturated carbocycles. The average Bonchev–Trinajstić information content (AvgIpc) is 3.99. The molecule has 10 aromatic carbocycles. The van der Waals surface area contributed by atoms with Crippen LogP contribution >= 0.6 is 11.3 Å². The molecule has 2 nitrogen and oxygen atoms in total. The zero-order valence-corrected chi connectivity index (χ0v) is 36.3. The topological polar surface area (TPSA) is 16.4 Å². The molecule has 13 rings (SSSR count). The second-order valence-corrected chi connectivity index (χ2v) is 18.7. The molecule has 0 atom stereocenters. The van der Waals surface area contributed by atoms with Crippen molar-refractivity contribution in [2.24, 2.45) is 0 Å². The molecule has 1 aliphatic carbocycles. The second kappa shape index (κ2) is 14.2. The van der Waals surface area contributed by atoms with Crippen molar-refractivity contribution in [2.75, 3.05) is 4.90 Å². The summed E-state index contributed by atoms with van der Waals surface area (Å²) >= 11 is 1.87. The Hall–Kier alpha value is -7.72. The van der Waals surface area contributed by atoms with E-state index in [4.69, 9.17) is 4.42 Å². The molecule has 302 valence electrons. The van der Waals surface area contributed by atoms with Gasteiger partial charge in [0.2, 0.25) is 0 Å². The van der Waals surface area contributed by atoms with Crippen LogP contribution in [0, 0.1) is 0 Å². The van der Waals surface area contributed by atoms with E-state index in [1.165, 1.54) is 81.0 Å². The molecule has 2 heterocycles. The van der Waals surface area contributed by atoms with Crippen LogP contribution in [0.2, 0.25) is 0 Å². The second-order valence-electron chi connectivity index (χ2n) is 17.6. The van der Waals surface area contributed by atoms with Crippen molar-refractivity contribution >= 4 is 81.3 Å². The van der Waals surface area contributed by atoms with Gasteiger partial charge in [0.15, 0.2) is 0 Å². The Bertz CT molecular complexity index is 3800. The van der Waals surface area contributed by atoms with Crippen molar-refractivity contribution in [3.05, 3.63) is 223 Å². The van der Waals surface area contributed by atoms with Crippen LogP contribution in [0.25, 0.3) is 97.4 Å². The van der Waals surface area contributed by atoms with Crippen LogP contribution in [0.3, 0.4) is 0 Å². The maximum Gasteiger partial charge on any atom is 0.137 e. The van der Waals surface area contributed by atoms with Gasteiger partial charge < -0.3 is 9.32 Å². The summed E-state index contributed by atoms with van der Waals surface area (Å²) < 4.78 is 9.49. The summed E-state index contributed by atoms with van der Waals surface area (Å²) in [5.74, 6) is 0. The SMILES string of the molecule is CC1(C)c2ccccc2-c2ccc(-c3cc4c(cc3N(c3ccc(-c5ccccc5)cc3)c3ccc(-c5cccc6c5sc5ccccc56)cc3)oc3ccc5ccccc5c34)cc21. The highest BCUT2D eigenvalue weighted by Gasteiger charge is 2.35. The fourth-order valence-electron chi connectivity index (χ4n) is 10.5. The van der Waals surface area contributed by atoms with Crippen molar-refractivity contribution in [3.63, 3.8) is 0 Å². The minimum atomic E-state index is -0.148. The zero-order valence-electron chi connectivity index (χ0n) is 35.5. The van der Waals surface area contributed by atoms with Crippen LogP contribution in [-0.2, 0) is 5.41 Å². The Morgan fingerprint density at radius 1 is 0.406 bits per heavy atom. The van der Waals surface area contributed by atoms with E-state index >= 15 is 0 Å². The number of rotatable bonds is 6. The molecule has 0 fully saturated rings. The van der Waals surface area contributed by atoms with Gasteiger partial charge in [0.1, 0.15) is 11.2 Å². The van der Waals surface area contributed by atoms with Crippen LogP contribution in [0.5, 0.6) is 0 Å². The molecule has 0 bridgehead atoms. The lowest BCUT2D eigenvalue weighted by molar-refractivity contribution is 0.660. The number of hydrogen-bond donors (Lipinski definition) is 0. The van der Waals surface area contributed by atoms with Crippen LogP contribution in [-0.4, -0.2) is 0 Å². The summed E-state index contributed by atoms with van der Waals surface area (Å²) in [7, 11) is 0. The first-order valence-electron chi connectivity index (χ1n) is 22.1. The summed E-state index contributed by atoms with van der Waals surface area (Å²) in [4.78, 5) is 2.42. The third-order valence-electron chi connectivity index (χ3n) is 13.7. The van der Waals surface area contributed by atoms with E-state index in [0.717, 1.165) is 44.6 Å². The molecule has 0 radical (unpaired) electrons. The average molecular weight is 836 g/mol. The molecule has 0 N–H and O–H groups in total. The Morgan fingerprint density at radius 2 is 1.05 bits per heavy atom. The molecule has 3 heteroatoms. The Balaban J connectivity index is 1.05.